The van der Waals surface area contributed by atoms with Crippen LogP contribution >= 0.6 is 0 Å². The van der Waals surface area contributed by atoms with E-state index in [-0.39, 0.29) is 0 Å². The number of hydrogen-bond donors (Lipinski definition) is 0. The van der Waals surface area contributed by atoms with Gasteiger partial charge in [0, 0.05) is 19.3 Å². The van der Waals surface area contributed by atoms with Gasteiger partial charge in [-0.2, -0.15) is 0 Å². The van der Waals surface area contributed by atoms with Crippen LogP contribution in [0.2, 0.25) is 0 Å². The van der Waals surface area contributed by atoms with Crippen LogP contribution in [0.15, 0.2) is 30.7 Å². The van der Waals surface area contributed by atoms with Crippen molar-refractivity contribution in [3.63, 3.8) is 0 Å². The highest BCUT2D eigenvalue weighted by Gasteiger charge is 2.30. The van der Waals surface area contributed by atoms with Crippen LogP contribution in [-0.4, -0.2) is 31.2 Å². The van der Waals surface area contributed by atoms with Crippen molar-refractivity contribution in [3.8, 4) is 0 Å². The summed E-state index contributed by atoms with van der Waals surface area (Å²) in [4.78, 5) is 6.92. The minimum absolute atomic E-state index is 0.369. The highest BCUT2D eigenvalue weighted by molar-refractivity contribution is 5.06. The number of likely N-dealkylation sites (tertiary alicyclic amines) is 1. The molecule has 0 aliphatic carbocycles. The zero-order valence-corrected chi connectivity index (χ0v) is 12.8. The summed E-state index contributed by atoms with van der Waals surface area (Å²) >= 11 is 0. The van der Waals surface area contributed by atoms with Crippen LogP contribution in [-0.2, 0) is 13.1 Å². The molecule has 0 amide bonds. The van der Waals surface area contributed by atoms with Crippen molar-refractivity contribution in [2.24, 2.45) is 5.92 Å². The summed E-state index contributed by atoms with van der Waals surface area (Å²) in [6, 6.07) is 6.47. The molecule has 3 rings (SSSR count). The van der Waals surface area contributed by atoms with E-state index in [4.69, 9.17) is 0 Å². The van der Waals surface area contributed by atoms with E-state index in [0.717, 1.165) is 37.6 Å². The third-order valence-electron chi connectivity index (χ3n) is 3.96. The molecule has 1 saturated heterocycles. The van der Waals surface area contributed by atoms with Crippen LogP contribution < -0.4 is 0 Å². The van der Waals surface area contributed by atoms with Gasteiger partial charge >= 0.3 is 0 Å². The van der Waals surface area contributed by atoms with Crippen LogP contribution in [0.25, 0.3) is 0 Å². The Bertz CT molecular complexity index is 563. The molecule has 2 aromatic heterocycles. The first kappa shape index (κ1) is 14.2. The molecule has 1 atom stereocenters. The first-order valence-electron chi connectivity index (χ1n) is 7.75. The second-order valence-electron chi connectivity index (χ2n) is 6.18. The maximum Gasteiger partial charge on any atom is 0.150 e. The summed E-state index contributed by atoms with van der Waals surface area (Å²) in [5.74, 6) is 1.71. The number of aromatic nitrogens is 4. The molecule has 0 N–H and O–H groups in total. The van der Waals surface area contributed by atoms with Crippen molar-refractivity contribution >= 4 is 0 Å². The SMILES string of the molecule is CC(C)Cn1cnnc1C1CCCN1Cc1ccccn1. The number of rotatable bonds is 5. The van der Waals surface area contributed by atoms with E-state index in [1.165, 1.54) is 6.42 Å². The van der Waals surface area contributed by atoms with Gasteiger partial charge in [0.1, 0.15) is 12.2 Å². The maximum atomic E-state index is 4.44. The number of nitrogens with zero attached hydrogens (tertiary/aromatic N) is 5. The summed E-state index contributed by atoms with van der Waals surface area (Å²) in [7, 11) is 0. The zero-order valence-electron chi connectivity index (χ0n) is 12.8. The van der Waals surface area contributed by atoms with Crippen molar-refractivity contribution in [3.05, 3.63) is 42.2 Å². The van der Waals surface area contributed by atoms with Crippen molar-refractivity contribution in [1.82, 2.24) is 24.6 Å². The van der Waals surface area contributed by atoms with Gasteiger partial charge in [0.05, 0.1) is 11.7 Å². The highest BCUT2D eigenvalue weighted by Crippen LogP contribution is 2.31. The fraction of sp³-hybridized carbons (Fsp3) is 0.562. The Kier molecular flexibility index (Phi) is 4.29. The molecule has 1 unspecified atom stereocenters. The summed E-state index contributed by atoms with van der Waals surface area (Å²) in [6.07, 6.45) is 6.10. The third-order valence-corrected chi connectivity index (χ3v) is 3.96. The third kappa shape index (κ3) is 3.29. The van der Waals surface area contributed by atoms with E-state index in [1.807, 2.05) is 18.6 Å². The summed E-state index contributed by atoms with van der Waals surface area (Å²) < 4.78 is 2.21. The molecule has 1 aliphatic heterocycles. The van der Waals surface area contributed by atoms with Crippen molar-refractivity contribution in [2.45, 2.75) is 45.8 Å². The predicted molar refractivity (Wildman–Crippen MR) is 81.5 cm³/mol. The standard InChI is InChI=1S/C16H23N5/c1-13(2)10-21-12-18-19-16(21)15-7-5-9-20(15)11-14-6-3-4-8-17-14/h3-4,6,8,12-13,15H,5,7,9-11H2,1-2H3. The summed E-state index contributed by atoms with van der Waals surface area (Å²) in [6.45, 7) is 7.43. The molecule has 21 heavy (non-hydrogen) atoms. The normalized spacial score (nSPS) is 19.5. The van der Waals surface area contributed by atoms with Crippen LogP contribution in [0.5, 0.6) is 0 Å². The Morgan fingerprint density at radius 3 is 3.00 bits per heavy atom. The number of hydrogen-bond acceptors (Lipinski definition) is 4. The molecule has 0 saturated carbocycles. The predicted octanol–water partition coefficient (Wildman–Crippen LogP) is 2.67. The van der Waals surface area contributed by atoms with E-state index in [9.17, 15) is 0 Å². The lowest BCUT2D eigenvalue weighted by molar-refractivity contribution is 0.230. The largest absolute Gasteiger partial charge is 0.316 e. The van der Waals surface area contributed by atoms with Gasteiger partial charge in [-0.25, -0.2) is 0 Å². The molecule has 0 radical (unpaired) electrons. The zero-order chi connectivity index (χ0) is 14.7. The molecule has 5 heteroatoms. The van der Waals surface area contributed by atoms with Crippen LogP contribution in [0, 0.1) is 5.92 Å². The molecular weight excluding hydrogens is 262 g/mol. The number of pyridine rings is 1. The van der Waals surface area contributed by atoms with Crippen molar-refractivity contribution < 1.29 is 0 Å². The van der Waals surface area contributed by atoms with Crippen LogP contribution in [0.1, 0.15) is 44.2 Å². The Balaban J connectivity index is 1.76. The second kappa shape index (κ2) is 6.35. The second-order valence-corrected chi connectivity index (χ2v) is 6.18. The first-order chi connectivity index (χ1) is 10.2. The quantitative estimate of drug-likeness (QED) is 0.847. The highest BCUT2D eigenvalue weighted by atomic mass is 15.3. The van der Waals surface area contributed by atoms with E-state index in [0.29, 0.717) is 12.0 Å². The Morgan fingerprint density at radius 2 is 2.24 bits per heavy atom. The lowest BCUT2D eigenvalue weighted by Crippen LogP contribution is -2.26. The molecule has 2 aromatic rings. The van der Waals surface area contributed by atoms with Crippen molar-refractivity contribution in [2.75, 3.05) is 6.54 Å². The van der Waals surface area contributed by atoms with Gasteiger partial charge in [0.15, 0.2) is 0 Å². The monoisotopic (exact) mass is 285 g/mol. The minimum Gasteiger partial charge on any atom is -0.316 e. The molecule has 1 aliphatic rings. The lowest BCUT2D eigenvalue weighted by Gasteiger charge is -2.24. The van der Waals surface area contributed by atoms with Gasteiger partial charge in [-0.05, 0) is 37.4 Å². The molecular formula is C16H23N5. The summed E-state index contributed by atoms with van der Waals surface area (Å²) in [5.41, 5.74) is 1.12. The van der Waals surface area contributed by atoms with Gasteiger partial charge in [0.25, 0.3) is 0 Å². The Hall–Kier alpha value is -1.75. The average Bonchev–Trinajstić information content (AvgIpc) is 3.08. The van der Waals surface area contributed by atoms with Gasteiger partial charge in [0.2, 0.25) is 0 Å². The van der Waals surface area contributed by atoms with Gasteiger partial charge in [-0.15, -0.1) is 10.2 Å². The molecule has 0 bridgehead atoms. The fourth-order valence-electron chi connectivity index (χ4n) is 3.06. The minimum atomic E-state index is 0.369. The van der Waals surface area contributed by atoms with Crippen molar-refractivity contribution in [1.29, 1.82) is 0 Å². The molecule has 0 aromatic carbocycles. The van der Waals surface area contributed by atoms with Gasteiger partial charge in [-0.3, -0.25) is 9.88 Å². The summed E-state index contributed by atoms with van der Waals surface area (Å²) in [5, 5.41) is 8.53. The van der Waals surface area contributed by atoms with E-state index in [2.05, 4.69) is 50.6 Å². The van der Waals surface area contributed by atoms with Gasteiger partial charge in [-0.1, -0.05) is 19.9 Å². The lowest BCUT2D eigenvalue weighted by atomic mass is 10.1. The van der Waals surface area contributed by atoms with E-state index >= 15 is 0 Å². The fourth-order valence-corrected chi connectivity index (χ4v) is 3.06. The molecule has 1 fully saturated rings. The smallest absolute Gasteiger partial charge is 0.150 e. The Morgan fingerprint density at radius 1 is 1.33 bits per heavy atom. The molecule has 5 nitrogen and oxygen atoms in total. The van der Waals surface area contributed by atoms with Crippen LogP contribution in [0.4, 0.5) is 0 Å². The topological polar surface area (TPSA) is 46.8 Å². The maximum absolute atomic E-state index is 4.44. The first-order valence-corrected chi connectivity index (χ1v) is 7.75. The van der Waals surface area contributed by atoms with Gasteiger partial charge < -0.3 is 4.57 Å². The van der Waals surface area contributed by atoms with E-state index < -0.39 is 0 Å². The van der Waals surface area contributed by atoms with E-state index in [1.54, 1.807) is 0 Å². The Labute approximate surface area is 126 Å². The molecule has 0 spiro atoms. The van der Waals surface area contributed by atoms with Crippen LogP contribution in [0.3, 0.4) is 0 Å². The average molecular weight is 285 g/mol. The molecule has 3 heterocycles. The molecule has 112 valence electrons.